The molecule has 0 saturated carbocycles. The first kappa shape index (κ1) is 23.2. The molecule has 0 aromatic heterocycles. The molecule has 1 atom stereocenters. The van der Waals surface area contributed by atoms with E-state index in [0.29, 0.717) is 19.0 Å². The molecule has 1 unspecified atom stereocenters. The van der Waals surface area contributed by atoms with Gasteiger partial charge >= 0.3 is 0 Å². The Hall–Kier alpha value is -1.80. The molecule has 0 aliphatic heterocycles. The van der Waals surface area contributed by atoms with Gasteiger partial charge in [0.1, 0.15) is 5.75 Å². The lowest BCUT2D eigenvalue weighted by molar-refractivity contribution is 0.180. The number of aliphatic hydroxyl groups excluding tert-OH is 1. The van der Waals surface area contributed by atoms with Crippen molar-refractivity contribution in [2.75, 3.05) is 20.2 Å². The first-order valence-corrected chi connectivity index (χ1v) is 9.08. The van der Waals surface area contributed by atoms with Gasteiger partial charge in [0.05, 0.1) is 19.8 Å². The van der Waals surface area contributed by atoms with Crippen LogP contribution in [0.25, 0.3) is 0 Å². The van der Waals surface area contributed by atoms with Gasteiger partial charge in [-0.25, -0.2) is 4.99 Å². The molecule has 6 heteroatoms. The number of nitrogens with one attached hydrogen (secondary N) is 2. The smallest absolute Gasteiger partial charge is 0.191 e. The maximum atomic E-state index is 10.4. The quantitative estimate of drug-likeness (QED) is 0.305. The zero-order valence-electron chi connectivity index (χ0n) is 16.2. The summed E-state index contributed by atoms with van der Waals surface area (Å²) in [4.78, 5) is 4.65. The molecule has 0 radical (unpaired) electrons. The number of halogens is 1. The van der Waals surface area contributed by atoms with Gasteiger partial charge in [0.25, 0.3) is 0 Å². The summed E-state index contributed by atoms with van der Waals surface area (Å²) in [6.07, 6.45) is 0.349. The van der Waals surface area contributed by atoms with E-state index in [9.17, 15) is 5.11 Å². The van der Waals surface area contributed by atoms with E-state index in [2.05, 4.69) is 40.7 Å². The molecule has 0 heterocycles. The molecule has 148 valence electrons. The van der Waals surface area contributed by atoms with Crippen molar-refractivity contribution < 1.29 is 9.84 Å². The van der Waals surface area contributed by atoms with E-state index in [-0.39, 0.29) is 24.0 Å². The second kappa shape index (κ2) is 12.6. The van der Waals surface area contributed by atoms with Crippen molar-refractivity contribution in [2.45, 2.75) is 32.9 Å². The molecular weight excluding hydrogens is 453 g/mol. The van der Waals surface area contributed by atoms with Gasteiger partial charge in [0.2, 0.25) is 0 Å². The molecule has 0 saturated heterocycles. The van der Waals surface area contributed by atoms with Crippen LogP contribution < -0.4 is 15.4 Å². The third-order valence-corrected chi connectivity index (χ3v) is 4.19. The number of hydrogen-bond donors (Lipinski definition) is 3. The number of rotatable bonds is 8. The van der Waals surface area contributed by atoms with Gasteiger partial charge in [-0.15, -0.1) is 24.0 Å². The minimum Gasteiger partial charge on any atom is -0.497 e. The topological polar surface area (TPSA) is 65.9 Å². The molecule has 0 aliphatic rings. The van der Waals surface area contributed by atoms with Crippen LogP contribution in [0.5, 0.6) is 5.75 Å². The van der Waals surface area contributed by atoms with E-state index < -0.39 is 6.10 Å². The van der Waals surface area contributed by atoms with Gasteiger partial charge in [-0.3, -0.25) is 0 Å². The van der Waals surface area contributed by atoms with E-state index in [1.165, 1.54) is 11.1 Å². The summed E-state index contributed by atoms with van der Waals surface area (Å²) in [5, 5.41) is 16.9. The third kappa shape index (κ3) is 7.38. The Morgan fingerprint density at radius 3 is 2.48 bits per heavy atom. The molecule has 2 aromatic rings. The van der Waals surface area contributed by atoms with E-state index in [1.807, 2.05) is 37.3 Å². The largest absolute Gasteiger partial charge is 0.497 e. The second-order valence-corrected chi connectivity index (χ2v) is 5.99. The Morgan fingerprint density at radius 1 is 1.07 bits per heavy atom. The van der Waals surface area contributed by atoms with Gasteiger partial charge in [0.15, 0.2) is 5.96 Å². The highest BCUT2D eigenvalue weighted by molar-refractivity contribution is 14.0. The number of aliphatic imine (C=N–C) groups is 1. The molecule has 2 rings (SSSR count). The number of aliphatic hydroxyl groups is 1. The maximum absolute atomic E-state index is 10.4. The van der Waals surface area contributed by atoms with Crippen LogP contribution in [0, 0.1) is 0 Å². The molecule has 0 fully saturated rings. The summed E-state index contributed by atoms with van der Waals surface area (Å²) >= 11 is 0. The summed E-state index contributed by atoms with van der Waals surface area (Å²) in [5.41, 5.74) is 3.34. The molecule has 0 amide bonds. The minimum absolute atomic E-state index is 0. The first-order valence-electron chi connectivity index (χ1n) is 9.08. The Kier molecular flexibility index (Phi) is 10.8. The number of guanidine groups is 1. The molecule has 0 aliphatic carbocycles. The number of methoxy groups -OCH3 is 1. The van der Waals surface area contributed by atoms with Crippen molar-refractivity contribution >= 4 is 29.9 Å². The van der Waals surface area contributed by atoms with Gasteiger partial charge in [-0.1, -0.05) is 43.3 Å². The molecule has 5 nitrogen and oxygen atoms in total. The van der Waals surface area contributed by atoms with Crippen molar-refractivity contribution in [3.05, 3.63) is 65.2 Å². The van der Waals surface area contributed by atoms with Crippen LogP contribution in [0.3, 0.4) is 0 Å². The van der Waals surface area contributed by atoms with E-state index in [1.54, 1.807) is 7.11 Å². The summed E-state index contributed by atoms with van der Waals surface area (Å²) in [5.74, 6) is 1.43. The molecule has 27 heavy (non-hydrogen) atoms. The zero-order chi connectivity index (χ0) is 18.8. The molecule has 0 bridgehead atoms. The Balaban J connectivity index is 0.00000364. The van der Waals surface area contributed by atoms with Crippen LogP contribution in [0.15, 0.2) is 53.5 Å². The fourth-order valence-electron chi connectivity index (χ4n) is 2.72. The predicted molar refractivity (Wildman–Crippen MR) is 122 cm³/mol. The van der Waals surface area contributed by atoms with E-state index in [4.69, 9.17) is 4.74 Å². The third-order valence-electron chi connectivity index (χ3n) is 4.19. The van der Waals surface area contributed by atoms with Crippen molar-refractivity contribution in [3.63, 3.8) is 0 Å². The highest BCUT2D eigenvalue weighted by Crippen LogP contribution is 2.18. The normalized spacial score (nSPS) is 12.1. The van der Waals surface area contributed by atoms with E-state index >= 15 is 0 Å². The van der Waals surface area contributed by atoms with Crippen molar-refractivity contribution in [2.24, 2.45) is 4.99 Å². The molecule has 0 spiro atoms. The monoisotopic (exact) mass is 483 g/mol. The SMILES string of the molecule is CCNC(=NCc1ccccc1CC)NCC(O)c1cccc(OC)c1.I. The zero-order valence-corrected chi connectivity index (χ0v) is 18.6. The lowest BCUT2D eigenvalue weighted by Gasteiger charge is -2.16. The van der Waals surface area contributed by atoms with Crippen LogP contribution in [0.1, 0.15) is 36.6 Å². The summed E-state index contributed by atoms with van der Waals surface area (Å²) in [7, 11) is 1.62. The van der Waals surface area contributed by atoms with Crippen LogP contribution >= 0.6 is 24.0 Å². The van der Waals surface area contributed by atoms with Gasteiger partial charge in [0, 0.05) is 13.1 Å². The van der Waals surface area contributed by atoms with Gasteiger partial charge in [-0.2, -0.15) is 0 Å². The lowest BCUT2D eigenvalue weighted by atomic mass is 10.1. The van der Waals surface area contributed by atoms with Crippen LogP contribution in [-0.4, -0.2) is 31.3 Å². The fraction of sp³-hybridized carbons (Fsp3) is 0.381. The average molecular weight is 483 g/mol. The Morgan fingerprint density at radius 2 is 1.81 bits per heavy atom. The number of nitrogens with zero attached hydrogens (tertiary/aromatic N) is 1. The number of ether oxygens (including phenoxy) is 1. The maximum Gasteiger partial charge on any atom is 0.191 e. The highest BCUT2D eigenvalue weighted by Gasteiger charge is 2.09. The summed E-state index contributed by atoms with van der Waals surface area (Å²) < 4.78 is 5.21. The van der Waals surface area contributed by atoms with Crippen LogP contribution in [-0.2, 0) is 13.0 Å². The second-order valence-electron chi connectivity index (χ2n) is 5.99. The number of hydrogen-bond acceptors (Lipinski definition) is 3. The number of aryl methyl sites for hydroxylation is 1. The first-order chi connectivity index (χ1) is 12.7. The van der Waals surface area contributed by atoms with Gasteiger partial charge in [-0.05, 0) is 42.2 Å². The molecule has 3 N–H and O–H groups in total. The Labute approximate surface area is 179 Å². The fourth-order valence-corrected chi connectivity index (χ4v) is 2.72. The van der Waals surface area contributed by atoms with Gasteiger partial charge < -0.3 is 20.5 Å². The van der Waals surface area contributed by atoms with Crippen LogP contribution in [0.4, 0.5) is 0 Å². The highest BCUT2D eigenvalue weighted by atomic mass is 127. The predicted octanol–water partition coefficient (Wildman–Crippen LogP) is 3.66. The van der Waals surface area contributed by atoms with E-state index in [0.717, 1.165) is 24.3 Å². The summed E-state index contributed by atoms with van der Waals surface area (Å²) in [6.45, 7) is 5.91. The molecular formula is C21H30IN3O2. The van der Waals surface area contributed by atoms with Crippen molar-refractivity contribution in [3.8, 4) is 5.75 Å². The van der Waals surface area contributed by atoms with Crippen molar-refractivity contribution in [1.29, 1.82) is 0 Å². The molecule has 2 aromatic carbocycles. The van der Waals surface area contributed by atoms with Crippen molar-refractivity contribution in [1.82, 2.24) is 10.6 Å². The average Bonchev–Trinajstić information content (AvgIpc) is 2.70. The number of benzene rings is 2. The summed E-state index contributed by atoms with van der Waals surface area (Å²) in [6, 6.07) is 15.8. The standard InChI is InChI=1S/C21H29N3O2.HI/c1-4-16-9-6-7-10-18(16)14-23-21(22-5-2)24-15-20(25)17-11-8-12-19(13-17)26-3;/h6-13,20,25H,4-5,14-15H2,1-3H3,(H2,22,23,24);1H. The Bertz CT molecular complexity index is 722. The van der Waals surface area contributed by atoms with Crippen LogP contribution in [0.2, 0.25) is 0 Å². The minimum atomic E-state index is -0.642. The lowest BCUT2D eigenvalue weighted by Crippen LogP contribution is -2.39.